The number of aliphatic carboxylic acids is 1. The molecule has 0 saturated carbocycles. The summed E-state index contributed by atoms with van der Waals surface area (Å²) in [4.78, 5) is 24.0. The summed E-state index contributed by atoms with van der Waals surface area (Å²) in [6, 6.07) is 7.50. The number of hydrogen-bond donors (Lipinski definition) is 1. The van der Waals surface area contributed by atoms with E-state index in [0.717, 1.165) is 11.3 Å². The van der Waals surface area contributed by atoms with Crippen LogP contribution in [0.5, 0.6) is 0 Å². The molecule has 2 rings (SSSR count). The zero-order chi connectivity index (χ0) is 12.3. The van der Waals surface area contributed by atoms with Crippen LogP contribution < -0.4 is 4.90 Å². The lowest BCUT2D eigenvalue weighted by Gasteiger charge is -2.22. The summed E-state index contributed by atoms with van der Waals surface area (Å²) in [5.74, 6) is -0.958. The Bertz CT molecular complexity index is 479. The molecule has 0 radical (unpaired) electrons. The first kappa shape index (κ1) is 11.4. The zero-order valence-corrected chi connectivity index (χ0v) is 9.30. The van der Waals surface area contributed by atoms with E-state index in [-0.39, 0.29) is 18.9 Å². The molecule has 1 aromatic carbocycles. The Labute approximate surface area is 99.2 Å². The molecule has 1 aliphatic heterocycles. The summed E-state index contributed by atoms with van der Waals surface area (Å²) in [6.07, 6.45) is 3.98. The fourth-order valence-electron chi connectivity index (χ4n) is 1.86. The predicted molar refractivity (Wildman–Crippen MR) is 64.7 cm³/mol. The quantitative estimate of drug-likeness (QED) is 0.864. The van der Waals surface area contributed by atoms with Crippen molar-refractivity contribution in [3.05, 3.63) is 35.9 Å². The van der Waals surface area contributed by atoms with Gasteiger partial charge in [0, 0.05) is 13.0 Å². The summed E-state index contributed by atoms with van der Waals surface area (Å²) >= 11 is 0. The lowest BCUT2D eigenvalue weighted by atomic mass is 10.1. The SMILES string of the molecule is O=C(O)CCN1C(=O)CC=Cc2ccccc21. The number of benzene rings is 1. The fraction of sp³-hybridized carbons (Fsp3) is 0.231. The molecular weight excluding hydrogens is 218 g/mol. The van der Waals surface area contributed by atoms with E-state index < -0.39 is 5.97 Å². The third-order valence-electron chi connectivity index (χ3n) is 2.67. The van der Waals surface area contributed by atoms with Gasteiger partial charge >= 0.3 is 5.97 Å². The fourth-order valence-corrected chi connectivity index (χ4v) is 1.86. The lowest BCUT2D eigenvalue weighted by molar-refractivity contribution is -0.136. The Hall–Kier alpha value is -2.10. The number of carbonyl (C=O) groups is 2. The van der Waals surface area contributed by atoms with Crippen LogP contribution in [0.3, 0.4) is 0 Å². The first-order valence-corrected chi connectivity index (χ1v) is 5.46. The Morgan fingerprint density at radius 3 is 2.88 bits per heavy atom. The van der Waals surface area contributed by atoms with Crippen molar-refractivity contribution in [3.8, 4) is 0 Å². The van der Waals surface area contributed by atoms with Crippen molar-refractivity contribution < 1.29 is 14.7 Å². The Balaban J connectivity index is 2.30. The van der Waals surface area contributed by atoms with E-state index in [4.69, 9.17) is 5.11 Å². The number of para-hydroxylation sites is 1. The second-order valence-corrected chi connectivity index (χ2v) is 3.85. The van der Waals surface area contributed by atoms with Crippen LogP contribution in [-0.2, 0) is 9.59 Å². The Morgan fingerprint density at radius 2 is 2.12 bits per heavy atom. The maximum Gasteiger partial charge on any atom is 0.305 e. The van der Waals surface area contributed by atoms with Gasteiger partial charge < -0.3 is 10.0 Å². The van der Waals surface area contributed by atoms with Gasteiger partial charge in [0.15, 0.2) is 0 Å². The minimum Gasteiger partial charge on any atom is -0.481 e. The molecule has 0 aromatic heterocycles. The van der Waals surface area contributed by atoms with Crippen molar-refractivity contribution in [3.63, 3.8) is 0 Å². The van der Waals surface area contributed by atoms with Crippen LogP contribution >= 0.6 is 0 Å². The number of fused-ring (bicyclic) bond motifs is 1. The molecule has 0 fully saturated rings. The maximum atomic E-state index is 11.9. The van der Waals surface area contributed by atoms with Gasteiger partial charge in [0.1, 0.15) is 0 Å². The van der Waals surface area contributed by atoms with Crippen molar-refractivity contribution in [2.45, 2.75) is 12.8 Å². The van der Waals surface area contributed by atoms with Crippen LogP contribution in [0, 0.1) is 0 Å². The monoisotopic (exact) mass is 231 g/mol. The Morgan fingerprint density at radius 1 is 1.35 bits per heavy atom. The first-order valence-electron chi connectivity index (χ1n) is 5.46. The molecule has 0 bridgehead atoms. The first-order chi connectivity index (χ1) is 8.18. The molecule has 88 valence electrons. The molecular formula is C13H13NO3. The highest BCUT2D eigenvalue weighted by atomic mass is 16.4. The van der Waals surface area contributed by atoms with E-state index in [0.29, 0.717) is 6.42 Å². The van der Waals surface area contributed by atoms with Gasteiger partial charge in [0.2, 0.25) is 5.91 Å². The van der Waals surface area contributed by atoms with Gasteiger partial charge in [0.25, 0.3) is 0 Å². The molecule has 1 heterocycles. The normalized spacial score (nSPS) is 14.4. The van der Waals surface area contributed by atoms with E-state index >= 15 is 0 Å². The van der Waals surface area contributed by atoms with Crippen LogP contribution in [-0.4, -0.2) is 23.5 Å². The summed E-state index contributed by atoms with van der Waals surface area (Å²) in [5.41, 5.74) is 1.73. The van der Waals surface area contributed by atoms with E-state index in [1.165, 1.54) is 0 Å². The van der Waals surface area contributed by atoms with Gasteiger partial charge in [-0.3, -0.25) is 9.59 Å². The average Bonchev–Trinajstić information content (AvgIpc) is 2.45. The van der Waals surface area contributed by atoms with Crippen LogP contribution in [0.25, 0.3) is 6.08 Å². The summed E-state index contributed by atoms with van der Waals surface area (Å²) in [7, 11) is 0. The standard InChI is InChI=1S/C13H13NO3/c15-12-7-3-5-10-4-1-2-6-11(10)14(12)9-8-13(16)17/h1-6H,7-9H2,(H,16,17). The molecule has 1 aromatic rings. The van der Waals surface area contributed by atoms with E-state index in [2.05, 4.69) is 0 Å². The molecule has 4 heteroatoms. The molecule has 4 nitrogen and oxygen atoms in total. The molecule has 0 saturated heterocycles. The van der Waals surface area contributed by atoms with Crippen molar-refractivity contribution >= 4 is 23.6 Å². The van der Waals surface area contributed by atoms with Crippen LogP contribution in [0.15, 0.2) is 30.3 Å². The molecule has 17 heavy (non-hydrogen) atoms. The third kappa shape index (κ3) is 2.53. The number of nitrogens with zero attached hydrogens (tertiary/aromatic N) is 1. The molecule has 0 unspecified atom stereocenters. The lowest BCUT2D eigenvalue weighted by Crippen LogP contribution is -2.32. The van der Waals surface area contributed by atoms with Crippen molar-refractivity contribution in [1.29, 1.82) is 0 Å². The molecule has 0 spiro atoms. The summed E-state index contributed by atoms with van der Waals surface area (Å²) in [5, 5.41) is 8.70. The van der Waals surface area contributed by atoms with Gasteiger partial charge in [0.05, 0.1) is 12.1 Å². The average molecular weight is 231 g/mol. The minimum absolute atomic E-state index is 0.0416. The molecule has 1 N–H and O–H groups in total. The summed E-state index contributed by atoms with van der Waals surface area (Å²) in [6.45, 7) is 0.215. The van der Waals surface area contributed by atoms with Gasteiger partial charge in [-0.05, 0) is 11.6 Å². The number of anilines is 1. The number of amides is 1. The number of rotatable bonds is 3. The predicted octanol–water partition coefficient (Wildman–Crippen LogP) is 1.91. The van der Waals surface area contributed by atoms with Crippen molar-refractivity contribution in [2.24, 2.45) is 0 Å². The number of carboxylic acids is 1. The zero-order valence-electron chi connectivity index (χ0n) is 9.30. The van der Waals surface area contributed by atoms with Gasteiger partial charge in [-0.15, -0.1) is 0 Å². The Kier molecular flexibility index (Phi) is 3.23. The molecule has 0 atom stereocenters. The van der Waals surface area contributed by atoms with Crippen molar-refractivity contribution in [2.75, 3.05) is 11.4 Å². The third-order valence-corrected chi connectivity index (χ3v) is 2.67. The van der Waals surface area contributed by atoms with Gasteiger partial charge in [-0.1, -0.05) is 30.4 Å². The van der Waals surface area contributed by atoms with Crippen LogP contribution in [0.4, 0.5) is 5.69 Å². The van der Waals surface area contributed by atoms with E-state index in [1.54, 1.807) is 4.90 Å². The number of carboxylic acid groups (broad SMARTS) is 1. The second-order valence-electron chi connectivity index (χ2n) is 3.85. The molecule has 0 aliphatic carbocycles. The second kappa shape index (κ2) is 4.82. The summed E-state index contributed by atoms with van der Waals surface area (Å²) < 4.78 is 0. The maximum absolute atomic E-state index is 11.9. The topological polar surface area (TPSA) is 57.6 Å². The number of carbonyl (C=O) groups excluding carboxylic acids is 1. The highest BCUT2D eigenvalue weighted by molar-refractivity contribution is 5.98. The van der Waals surface area contributed by atoms with Crippen molar-refractivity contribution in [1.82, 2.24) is 0 Å². The van der Waals surface area contributed by atoms with E-state index in [9.17, 15) is 9.59 Å². The van der Waals surface area contributed by atoms with E-state index in [1.807, 2.05) is 36.4 Å². The molecule has 1 amide bonds. The van der Waals surface area contributed by atoms with Crippen LogP contribution in [0.2, 0.25) is 0 Å². The minimum atomic E-state index is -0.896. The largest absolute Gasteiger partial charge is 0.481 e. The molecule has 1 aliphatic rings. The van der Waals surface area contributed by atoms with Gasteiger partial charge in [-0.25, -0.2) is 0 Å². The highest BCUT2D eigenvalue weighted by Crippen LogP contribution is 2.25. The smallest absolute Gasteiger partial charge is 0.305 e. The number of hydrogen-bond acceptors (Lipinski definition) is 2. The van der Waals surface area contributed by atoms with Crippen LogP contribution in [0.1, 0.15) is 18.4 Å². The highest BCUT2D eigenvalue weighted by Gasteiger charge is 2.19. The van der Waals surface area contributed by atoms with Gasteiger partial charge in [-0.2, -0.15) is 0 Å².